The molecule has 0 rings (SSSR count). The predicted octanol–water partition coefficient (Wildman–Crippen LogP) is 2.47. The second kappa shape index (κ2) is 8.41. The maximum atomic E-state index is 4.20. The molecule has 1 atom stereocenters. The fourth-order valence-corrected chi connectivity index (χ4v) is 1.09. The van der Waals surface area contributed by atoms with Gasteiger partial charge in [0.05, 0.1) is 0 Å². The first kappa shape index (κ1) is 11.3. The van der Waals surface area contributed by atoms with Crippen molar-refractivity contribution in [2.75, 3.05) is 12.3 Å². The molecule has 11 heavy (non-hydrogen) atoms. The molecule has 0 saturated carbocycles. The molecule has 68 valence electrons. The number of hydrogen-bond acceptors (Lipinski definition) is 2. The standard InChI is InChI=1S/C9H21NS/c1-3-4-5-6-7-10-9(2)8-11/h9-11H,3-8H2,1-2H3. The van der Waals surface area contributed by atoms with Crippen molar-refractivity contribution in [3.63, 3.8) is 0 Å². The first-order valence-corrected chi connectivity index (χ1v) is 5.28. The Hall–Kier alpha value is 0.310. The average molecular weight is 175 g/mol. The first-order valence-electron chi connectivity index (χ1n) is 4.65. The van der Waals surface area contributed by atoms with Crippen molar-refractivity contribution in [1.82, 2.24) is 5.32 Å². The molecule has 1 nitrogen and oxygen atoms in total. The van der Waals surface area contributed by atoms with Gasteiger partial charge in [-0.2, -0.15) is 12.6 Å². The molecule has 0 heterocycles. The maximum Gasteiger partial charge on any atom is 0.0127 e. The maximum absolute atomic E-state index is 4.20. The minimum atomic E-state index is 0.569. The van der Waals surface area contributed by atoms with Crippen LogP contribution in [0.2, 0.25) is 0 Å². The summed E-state index contributed by atoms with van der Waals surface area (Å²) in [6, 6.07) is 0.569. The largest absolute Gasteiger partial charge is 0.313 e. The van der Waals surface area contributed by atoms with E-state index in [2.05, 4.69) is 31.8 Å². The van der Waals surface area contributed by atoms with Crippen molar-refractivity contribution in [3.05, 3.63) is 0 Å². The summed E-state index contributed by atoms with van der Waals surface area (Å²) in [5.74, 6) is 0.938. The van der Waals surface area contributed by atoms with Crippen molar-refractivity contribution in [1.29, 1.82) is 0 Å². The van der Waals surface area contributed by atoms with Gasteiger partial charge in [0, 0.05) is 11.8 Å². The van der Waals surface area contributed by atoms with Crippen LogP contribution in [0.1, 0.15) is 39.5 Å². The zero-order valence-corrected chi connectivity index (χ0v) is 8.66. The topological polar surface area (TPSA) is 12.0 Å². The van der Waals surface area contributed by atoms with Crippen LogP contribution in [0.15, 0.2) is 0 Å². The van der Waals surface area contributed by atoms with E-state index in [1.54, 1.807) is 0 Å². The monoisotopic (exact) mass is 175 g/mol. The van der Waals surface area contributed by atoms with E-state index in [1.807, 2.05) is 0 Å². The van der Waals surface area contributed by atoms with Gasteiger partial charge >= 0.3 is 0 Å². The third-order valence-corrected chi connectivity index (χ3v) is 2.34. The van der Waals surface area contributed by atoms with Gasteiger partial charge < -0.3 is 5.32 Å². The third kappa shape index (κ3) is 8.21. The molecule has 0 aromatic rings. The molecule has 1 unspecified atom stereocenters. The van der Waals surface area contributed by atoms with Crippen molar-refractivity contribution in [2.24, 2.45) is 0 Å². The van der Waals surface area contributed by atoms with E-state index in [1.165, 1.54) is 25.7 Å². The molecule has 0 amide bonds. The fourth-order valence-electron chi connectivity index (χ4n) is 0.965. The lowest BCUT2D eigenvalue weighted by Crippen LogP contribution is -2.28. The van der Waals surface area contributed by atoms with Crippen LogP contribution in [0.3, 0.4) is 0 Å². The van der Waals surface area contributed by atoms with Gasteiger partial charge in [-0.15, -0.1) is 0 Å². The SMILES string of the molecule is CCCCCCNC(C)CS. The van der Waals surface area contributed by atoms with Crippen LogP contribution in [-0.2, 0) is 0 Å². The van der Waals surface area contributed by atoms with Gasteiger partial charge in [0.1, 0.15) is 0 Å². The predicted molar refractivity (Wildman–Crippen MR) is 55.5 cm³/mol. The van der Waals surface area contributed by atoms with Crippen molar-refractivity contribution >= 4 is 12.6 Å². The molecule has 0 aromatic carbocycles. The Morgan fingerprint density at radius 2 is 2.00 bits per heavy atom. The lowest BCUT2D eigenvalue weighted by Gasteiger charge is -2.09. The molecule has 1 N–H and O–H groups in total. The second-order valence-corrected chi connectivity index (χ2v) is 3.46. The highest BCUT2D eigenvalue weighted by molar-refractivity contribution is 7.80. The second-order valence-electron chi connectivity index (χ2n) is 3.10. The molecule has 0 bridgehead atoms. The number of nitrogens with one attached hydrogen (secondary N) is 1. The Morgan fingerprint density at radius 1 is 1.27 bits per heavy atom. The summed E-state index contributed by atoms with van der Waals surface area (Å²) in [6.45, 7) is 5.57. The Balaban J connectivity index is 2.89. The molecule has 0 radical (unpaired) electrons. The molecule has 0 aliphatic heterocycles. The smallest absolute Gasteiger partial charge is 0.0127 e. The quantitative estimate of drug-likeness (QED) is 0.447. The van der Waals surface area contributed by atoms with E-state index in [9.17, 15) is 0 Å². The highest BCUT2D eigenvalue weighted by Crippen LogP contribution is 1.97. The van der Waals surface area contributed by atoms with Crippen LogP contribution >= 0.6 is 12.6 Å². The molecule has 0 aromatic heterocycles. The number of thiol groups is 1. The summed E-state index contributed by atoms with van der Waals surface area (Å²) in [5, 5.41) is 3.41. The number of rotatable bonds is 7. The van der Waals surface area contributed by atoms with E-state index in [4.69, 9.17) is 0 Å². The van der Waals surface area contributed by atoms with E-state index < -0.39 is 0 Å². The van der Waals surface area contributed by atoms with Gasteiger partial charge in [-0.05, 0) is 19.9 Å². The highest BCUT2D eigenvalue weighted by Gasteiger charge is 1.95. The lowest BCUT2D eigenvalue weighted by molar-refractivity contribution is 0.551. The summed E-state index contributed by atoms with van der Waals surface area (Å²) >= 11 is 4.20. The minimum Gasteiger partial charge on any atom is -0.313 e. The zero-order chi connectivity index (χ0) is 8.53. The van der Waals surface area contributed by atoms with Crippen LogP contribution in [0, 0.1) is 0 Å². The number of hydrogen-bond donors (Lipinski definition) is 2. The molecule has 0 aliphatic rings. The van der Waals surface area contributed by atoms with E-state index in [0.717, 1.165) is 12.3 Å². The van der Waals surface area contributed by atoms with Gasteiger partial charge in [0.2, 0.25) is 0 Å². The number of unbranched alkanes of at least 4 members (excludes halogenated alkanes) is 3. The summed E-state index contributed by atoms with van der Waals surface area (Å²) in [4.78, 5) is 0. The zero-order valence-electron chi connectivity index (χ0n) is 7.77. The Kier molecular flexibility index (Phi) is 8.64. The molecule has 0 fully saturated rings. The summed E-state index contributed by atoms with van der Waals surface area (Å²) in [7, 11) is 0. The highest BCUT2D eigenvalue weighted by atomic mass is 32.1. The van der Waals surface area contributed by atoms with E-state index in [0.29, 0.717) is 6.04 Å². The molecule has 0 saturated heterocycles. The Labute approximate surface area is 76.4 Å². The van der Waals surface area contributed by atoms with Crippen LogP contribution in [0.4, 0.5) is 0 Å². The first-order chi connectivity index (χ1) is 5.31. The Morgan fingerprint density at radius 3 is 2.55 bits per heavy atom. The Bertz CT molecular complexity index is 76.0. The van der Waals surface area contributed by atoms with Gasteiger partial charge in [-0.1, -0.05) is 26.2 Å². The summed E-state index contributed by atoms with van der Waals surface area (Å²) < 4.78 is 0. The normalized spacial score (nSPS) is 13.4. The third-order valence-electron chi connectivity index (χ3n) is 1.80. The molecule has 0 aliphatic carbocycles. The van der Waals surface area contributed by atoms with Crippen LogP contribution < -0.4 is 5.32 Å². The van der Waals surface area contributed by atoms with Gasteiger partial charge in [-0.3, -0.25) is 0 Å². The van der Waals surface area contributed by atoms with Crippen LogP contribution in [0.25, 0.3) is 0 Å². The lowest BCUT2D eigenvalue weighted by atomic mass is 10.2. The van der Waals surface area contributed by atoms with Crippen molar-refractivity contribution in [3.8, 4) is 0 Å². The van der Waals surface area contributed by atoms with Gasteiger partial charge in [0.15, 0.2) is 0 Å². The van der Waals surface area contributed by atoms with Crippen LogP contribution in [-0.4, -0.2) is 18.3 Å². The summed E-state index contributed by atoms with van der Waals surface area (Å²) in [5.41, 5.74) is 0. The van der Waals surface area contributed by atoms with Crippen LogP contribution in [0.5, 0.6) is 0 Å². The van der Waals surface area contributed by atoms with Crippen molar-refractivity contribution < 1.29 is 0 Å². The molecule has 2 heteroatoms. The molecular weight excluding hydrogens is 154 g/mol. The van der Waals surface area contributed by atoms with E-state index in [-0.39, 0.29) is 0 Å². The molecular formula is C9H21NS. The summed E-state index contributed by atoms with van der Waals surface area (Å²) in [6.07, 6.45) is 5.37. The average Bonchev–Trinajstić information content (AvgIpc) is 2.04. The minimum absolute atomic E-state index is 0.569. The fraction of sp³-hybridized carbons (Fsp3) is 1.00. The van der Waals surface area contributed by atoms with Gasteiger partial charge in [-0.25, -0.2) is 0 Å². The van der Waals surface area contributed by atoms with Crippen molar-refractivity contribution in [2.45, 2.75) is 45.6 Å². The molecule has 0 spiro atoms. The van der Waals surface area contributed by atoms with E-state index >= 15 is 0 Å². The van der Waals surface area contributed by atoms with Gasteiger partial charge in [0.25, 0.3) is 0 Å².